The molecule has 0 fully saturated rings. The molecule has 0 unspecified atom stereocenters. The molecule has 4 aromatic rings. The molecule has 2 aromatic carbocycles. The lowest BCUT2D eigenvalue weighted by Crippen LogP contribution is -2.19. The second-order valence-corrected chi connectivity index (χ2v) is 7.37. The van der Waals surface area contributed by atoms with Gasteiger partial charge in [-0.1, -0.05) is 30.3 Å². The molecule has 140 valence electrons. The molecule has 0 radical (unpaired) electrons. The molecule has 0 saturated carbocycles. The van der Waals surface area contributed by atoms with Crippen molar-refractivity contribution in [1.29, 1.82) is 0 Å². The monoisotopic (exact) mass is 408 g/mol. The molecule has 2 N–H and O–H groups in total. The Balaban J connectivity index is 1.77. The van der Waals surface area contributed by atoms with Crippen molar-refractivity contribution in [3.8, 4) is 11.4 Å². The summed E-state index contributed by atoms with van der Waals surface area (Å²) in [5.41, 5.74) is 1.68. The first-order chi connectivity index (χ1) is 13.6. The summed E-state index contributed by atoms with van der Waals surface area (Å²) in [5, 5.41) is 7.09. The summed E-state index contributed by atoms with van der Waals surface area (Å²) in [6, 6.07) is 17.2. The molecule has 0 bridgehead atoms. The van der Waals surface area contributed by atoms with E-state index in [0.29, 0.717) is 19.8 Å². The third-order valence-corrected chi connectivity index (χ3v) is 5.30. The Hall–Kier alpha value is -3.23. The van der Waals surface area contributed by atoms with Crippen molar-refractivity contribution in [2.75, 3.05) is 7.11 Å². The molecular weight excluding hydrogens is 392 g/mol. The lowest BCUT2D eigenvalue weighted by Gasteiger charge is -2.02. The van der Waals surface area contributed by atoms with E-state index in [1.165, 1.54) is 11.3 Å². The summed E-state index contributed by atoms with van der Waals surface area (Å²) in [4.78, 5) is 15.2. The van der Waals surface area contributed by atoms with Gasteiger partial charge in [-0.25, -0.2) is 0 Å². The van der Waals surface area contributed by atoms with E-state index >= 15 is 0 Å². The Morgan fingerprint density at radius 3 is 2.57 bits per heavy atom. The molecule has 2 aromatic heterocycles. The number of thiazole rings is 1. The van der Waals surface area contributed by atoms with Gasteiger partial charge in [0.2, 0.25) is 0 Å². The van der Waals surface area contributed by atoms with Gasteiger partial charge < -0.3 is 9.72 Å². The number of nitrogens with zero attached hydrogens (tertiary/aromatic N) is 2. The number of methoxy groups -OCH3 is 1. The van der Waals surface area contributed by atoms with Gasteiger partial charge in [0.15, 0.2) is 10.6 Å². The molecule has 28 heavy (non-hydrogen) atoms. The number of ether oxygens (including phenoxy) is 1. The average molecular weight is 409 g/mol. The number of nitrogens with one attached hydrogen (secondary N) is 2. The van der Waals surface area contributed by atoms with Crippen LogP contribution in [-0.4, -0.2) is 26.9 Å². The van der Waals surface area contributed by atoms with Gasteiger partial charge in [-0.05, 0) is 48.1 Å². The number of para-hydroxylation sites is 1. The lowest BCUT2D eigenvalue weighted by molar-refractivity contribution is 0.415. The van der Waals surface area contributed by atoms with Gasteiger partial charge >= 0.3 is 0 Å². The van der Waals surface area contributed by atoms with Crippen LogP contribution in [0.25, 0.3) is 17.8 Å². The van der Waals surface area contributed by atoms with Crippen LogP contribution in [0.5, 0.6) is 5.75 Å². The zero-order valence-electron chi connectivity index (χ0n) is 14.9. The van der Waals surface area contributed by atoms with Crippen LogP contribution in [0.1, 0.15) is 11.4 Å². The van der Waals surface area contributed by atoms with Crippen molar-refractivity contribution in [2.24, 2.45) is 0 Å². The molecule has 4 rings (SSSR count). The molecule has 2 heterocycles. The maximum atomic E-state index is 12.3. The minimum absolute atomic E-state index is 0.146. The van der Waals surface area contributed by atoms with Gasteiger partial charge in [-0.2, -0.15) is 5.10 Å². The molecule has 0 aliphatic heterocycles. The Morgan fingerprint density at radius 1 is 1.11 bits per heavy atom. The second kappa shape index (κ2) is 7.79. The SMILES string of the molecule is COc1ccc(C=c2s/c(=C/c3n[nH]c(=S)n3-c3ccccc3)[nH]c2=O)cc1. The first kappa shape index (κ1) is 18.1. The number of benzene rings is 2. The van der Waals surface area contributed by atoms with Crippen LogP contribution in [0.4, 0.5) is 0 Å². The van der Waals surface area contributed by atoms with Crippen molar-refractivity contribution in [3.63, 3.8) is 0 Å². The summed E-state index contributed by atoms with van der Waals surface area (Å²) >= 11 is 6.71. The van der Waals surface area contributed by atoms with Crippen LogP contribution in [-0.2, 0) is 0 Å². The maximum absolute atomic E-state index is 12.3. The topological polar surface area (TPSA) is 75.7 Å². The minimum atomic E-state index is -0.146. The molecule has 0 aliphatic carbocycles. The summed E-state index contributed by atoms with van der Waals surface area (Å²) in [5.74, 6) is 1.39. The van der Waals surface area contributed by atoms with Crippen molar-refractivity contribution >= 4 is 35.7 Å². The van der Waals surface area contributed by atoms with Gasteiger partial charge in [0.05, 0.1) is 16.3 Å². The van der Waals surface area contributed by atoms with Gasteiger partial charge in [0, 0.05) is 11.8 Å². The van der Waals surface area contributed by atoms with E-state index < -0.39 is 0 Å². The zero-order chi connectivity index (χ0) is 19.5. The van der Waals surface area contributed by atoms with Crippen LogP contribution in [0, 0.1) is 4.77 Å². The van der Waals surface area contributed by atoms with Gasteiger partial charge in [0.1, 0.15) is 5.75 Å². The van der Waals surface area contributed by atoms with E-state index in [1.54, 1.807) is 13.2 Å². The maximum Gasteiger partial charge on any atom is 0.266 e. The molecule has 0 saturated heterocycles. The van der Waals surface area contributed by atoms with Crippen LogP contribution in [0.2, 0.25) is 0 Å². The summed E-state index contributed by atoms with van der Waals surface area (Å²) in [7, 11) is 1.62. The summed E-state index contributed by atoms with van der Waals surface area (Å²) in [6.45, 7) is 0. The first-order valence-corrected chi connectivity index (χ1v) is 9.66. The van der Waals surface area contributed by atoms with Crippen molar-refractivity contribution < 1.29 is 4.74 Å². The highest BCUT2D eigenvalue weighted by Crippen LogP contribution is 2.12. The number of aromatic nitrogens is 4. The van der Waals surface area contributed by atoms with Crippen molar-refractivity contribution in [2.45, 2.75) is 0 Å². The molecule has 6 nitrogen and oxygen atoms in total. The van der Waals surface area contributed by atoms with Crippen LogP contribution in [0.3, 0.4) is 0 Å². The van der Waals surface area contributed by atoms with Gasteiger partial charge in [-0.15, -0.1) is 11.3 Å². The highest BCUT2D eigenvalue weighted by atomic mass is 32.1. The smallest absolute Gasteiger partial charge is 0.266 e. The highest BCUT2D eigenvalue weighted by Gasteiger charge is 2.06. The van der Waals surface area contributed by atoms with Crippen molar-refractivity contribution in [3.05, 3.63) is 90.3 Å². The van der Waals surface area contributed by atoms with Crippen molar-refractivity contribution in [1.82, 2.24) is 19.7 Å². The molecule has 0 spiro atoms. The van der Waals surface area contributed by atoms with E-state index in [9.17, 15) is 4.79 Å². The summed E-state index contributed by atoms with van der Waals surface area (Å²) < 4.78 is 8.76. The Bertz CT molecular complexity index is 1330. The van der Waals surface area contributed by atoms with E-state index in [-0.39, 0.29) is 5.56 Å². The Morgan fingerprint density at radius 2 is 1.86 bits per heavy atom. The highest BCUT2D eigenvalue weighted by molar-refractivity contribution is 7.71. The molecule has 0 aliphatic rings. The van der Waals surface area contributed by atoms with E-state index in [4.69, 9.17) is 17.0 Å². The number of H-pyrrole nitrogens is 2. The zero-order valence-corrected chi connectivity index (χ0v) is 16.5. The van der Waals surface area contributed by atoms with Crippen LogP contribution < -0.4 is 19.5 Å². The minimum Gasteiger partial charge on any atom is -0.497 e. The fraction of sp³-hybridized carbons (Fsp3) is 0.0500. The lowest BCUT2D eigenvalue weighted by atomic mass is 10.2. The molecule has 0 amide bonds. The third kappa shape index (κ3) is 3.73. The van der Waals surface area contributed by atoms with E-state index in [1.807, 2.05) is 65.2 Å². The number of hydrogen-bond acceptors (Lipinski definition) is 5. The standard InChI is InChI=1S/C20H16N4O2S2/c1-26-15-9-7-13(8-10-15)11-16-19(25)21-18(28-16)12-17-22-23-20(27)24(17)14-5-3-2-4-6-14/h2-12H,1H3,(H,21,25)(H,23,27)/b16-11?,18-12+. The third-order valence-electron chi connectivity index (χ3n) is 4.07. The molecule has 8 heteroatoms. The average Bonchev–Trinajstić information content (AvgIpc) is 3.25. The molecule has 0 atom stereocenters. The predicted molar refractivity (Wildman–Crippen MR) is 113 cm³/mol. The normalized spacial score (nSPS) is 12.5. The van der Waals surface area contributed by atoms with Gasteiger partial charge in [0.25, 0.3) is 5.56 Å². The number of rotatable bonds is 4. The van der Waals surface area contributed by atoms with E-state index in [0.717, 1.165) is 17.0 Å². The molecular formula is C20H16N4O2S2. The summed E-state index contributed by atoms with van der Waals surface area (Å²) in [6.07, 6.45) is 3.64. The quantitative estimate of drug-likeness (QED) is 0.508. The van der Waals surface area contributed by atoms with Crippen LogP contribution in [0.15, 0.2) is 59.4 Å². The van der Waals surface area contributed by atoms with Gasteiger partial charge in [-0.3, -0.25) is 14.5 Å². The number of aromatic amines is 2. The fourth-order valence-corrected chi connectivity index (χ4v) is 3.85. The predicted octanol–water partition coefficient (Wildman–Crippen LogP) is 2.35. The van der Waals surface area contributed by atoms with E-state index in [2.05, 4.69) is 15.2 Å². The Labute approximate surface area is 169 Å². The number of hydrogen-bond donors (Lipinski definition) is 2. The largest absolute Gasteiger partial charge is 0.497 e. The Kier molecular flexibility index (Phi) is 5.05. The van der Waals surface area contributed by atoms with Crippen LogP contribution >= 0.6 is 23.6 Å². The second-order valence-electron chi connectivity index (χ2n) is 5.90. The first-order valence-electron chi connectivity index (χ1n) is 8.43. The fourth-order valence-electron chi connectivity index (χ4n) is 2.73.